The number of hydrogen-bond donors (Lipinski definition) is 1. The van der Waals surface area contributed by atoms with Crippen molar-refractivity contribution in [3.8, 4) is 0 Å². The molecule has 1 N–H and O–H groups in total. The second kappa shape index (κ2) is 7.85. The number of halogens is 3. The van der Waals surface area contributed by atoms with E-state index in [1.807, 2.05) is 0 Å². The van der Waals surface area contributed by atoms with Crippen LogP contribution in [0.25, 0.3) is 0 Å². The third-order valence-corrected chi connectivity index (χ3v) is 3.30. The Kier molecular flexibility index (Phi) is 6.79. The Morgan fingerprint density at radius 1 is 1.39 bits per heavy atom. The van der Waals surface area contributed by atoms with Gasteiger partial charge < -0.3 is 10.1 Å². The molecule has 0 saturated carbocycles. The minimum Gasteiger partial charge on any atom is -0.383 e. The molecule has 0 aliphatic carbocycles. The third-order valence-electron chi connectivity index (χ3n) is 2.34. The Hall–Kier alpha value is -0.480. The molecular formula is C12H14Cl3NO2. The van der Waals surface area contributed by atoms with Gasteiger partial charge in [0.05, 0.1) is 22.7 Å². The largest absolute Gasteiger partial charge is 0.383 e. The molecule has 1 unspecified atom stereocenters. The second-order valence-corrected chi connectivity index (χ2v) is 4.92. The Morgan fingerprint density at radius 2 is 2.11 bits per heavy atom. The van der Waals surface area contributed by atoms with Crippen LogP contribution in [0.1, 0.15) is 16.8 Å². The van der Waals surface area contributed by atoms with E-state index in [1.165, 1.54) is 6.07 Å². The van der Waals surface area contributed by atoms with Gasteiger partial charge in [-0.3, -0.25) is 4.79 Å². The first kappa shape index (κ1) is 15.6. The van der Waals surface area contributed by atoms with Gasteiger partial charge in [0.2, 0.25) is 0 Å². The van der Waals surface area contributed by atoms with Crippen LogP contribution in [0.5, 0.6) is 0 Å². The Morgan fingerprint density at radius 3 is 2.67 bits per heavy atom. The van der Waals surface area contributed by atoms with Crippen LogP contribution in [-0.4, -0.2) is 31.5 Å². The van der Waals surface area contributed by atoms with Crippen LogP contribution in [0.3, 0.4) is 0 Å². The van der Waals surface area contributed by atoms with E-state index in [9.17, 15) is 4.79 Å². The number of ether oxygens (including phenoxy) is 1. The summed E-state index contributed by atoms with van der Waals surface area (Å²) >= 11 is 17.3. The normalized spacial score (nSPS) is 12.2. The maximum absolute atomic E-state index is 12.0. The number of nitrogens with one attached hydrogen (secondary N) is 1. The van der Waals surface area contributed by atoms with Crippen LogP contribution in [-0.2, 0) is 4.74 Å². The molecule has 0 bridgehead atoms. The second-order valence-electron chi connectivity index (χ2n) is 3.73. The van der Waals surface area contributed by atoms with E-state index >= 15 is 0 Å². The van der Waals surface area contributed by atoms with E-state index in [1.54, 1.807) is 19.2 Å². The number of amides is 1. The highest BCUT2D eigenvalue weighted by Crippen LogP contribution is 2.22. The summed E-state index contributed by atoms with van der Waals surface area (Å²) in [7, 11) is 1.58. The van der Waals surface area contributed by atoms with E-state index in [2.05, 4.69) is 5.32 Å². The number of benzene rings is 1. The highest BCUT2D eigenvalue weighted by molar-refractivity contribution is 6.42. The van der Waals surface area contributed by atoms with Crippen molar-refractivity contribution in [2.24, 2.45) is 0 Å². The zero-order chi connectivity index (χ0) is 13.5. The lowest BCUT2D eigenvalue weighted by molar-refractivity contribution is 0.0895. The Labute approximate surface area is 121 Å². The van der Waals surface area contributed by atoms with Crippen molar-refractivity contribution >= 4 is 40.7 Å². The maximum Gasteiger partial charge on any atom is 0.251 e. The van der Waals surface area contributed by atoms with Gasteiger partial charge in [-0.05, 0) is 24.6 Å². The van der Waals surface area contributed by atoms with Gasteiger partial charge in [0.15, 0.2) is 0 Å². The van der Waals surface area contributed by atoms with Crippen LogP contribution >= 0.6 is 34.8 Å². The molecule has 0 heterocycles. The zero-order valence-corrected chi connectivity index (χ0v) is 12.1. The quantitative estimate of drug-likeness (QED) is 0.818. The molecule has 1 amide bonds. The van der Waals surface area contributed by atoms with Gasteiger partial charge in [0, 0.05) is 18.6 Å². The van der Waals surface area contributed by atoms with Gasteiger partial charge in [-0.1, -0.05) is 23.2 Å². The highest BCUT2D eigenvalue weighted by atomic mass is 35.5. The number of hydrogen-bond acceptors (Lipinski definition) is 2. The van der Waals surface area contributed by atoms with Gasteiger partial charge in [-0.25, -0.2) is 0 Å². The molecule has 1 aromatic carbocycles. The molecule has 0 aromatic heterocycles. The number of carbonyl (C=O) groups is 1. The lowest BCUT2D eigenvalue weighted by Gasteiger charge is -2.16. The predicted molar refractivity (Wildman–Crippen MR) is 74.9 cm³/mol. The van der Waals surface area contributed by atoms with Crippen LogP contribution in [0.4, 0.5) is 0 Å². The molecule has 1 aromatic rings. The fourth-order valence-corrected chi connectivity index (χ4v) is 2.00. The maximum atomic E-state index is 12.0. The smallest absolute Gasteiger partial charge is 0.251 e. The average molecular weight is 311 g/mol. The lowest BCUT2D eigenvalue weighted by atomic mass is 10.2. The van der Waals surface area contributed by atoms with E-state index in [-0.39, 0.29) is 11.9 Å². The van der Waals surface area contributed by atoms with Gasteiger partial charge in [0.1, 0.15) is 0 Å². The molecule has 0 aliphatic heterocycles. The average Bonchev–Trinajstić information content (AvgIpc) is 2.33. The Balaban J connectivity index is 2.70. The van der Waals surface area contributed by atoms with Crippen molar-refractivity contribution in [3.05, 3.63) is 33.8 Å². The first-order valence-corrected chi connectivity index (χ1v) is 6.68. The van der Waals surface area contributed by atoms with Gasteiger partial charge in [0.25, 0.3) is 5.91 Å². The number of rotatable bonds is 6. The van der Waals surface area contributed by atoms with E-state index in [4.69, 9.17) is 39.5 Å². The summed E-state index contributed by atoms with van der Waals surface area (Å²) in [5.74, 6) is 0.233. The number of carbonyl (C=O) groups excluding carboxylic acids is 1. The van der Waals surface area contributed by atoms with E-state index in [0.717, 1.165) is 0 Å². The minimum atomic E-state index is -0.222. The third kappa shape index (κ3) is 4.65. The first-order chi connectivity index (χ1) is 8.58. The molecule has 6 heteroatoms. The summed E-state index contributed by atoms with van der Waals surface area (Å²) in [6.45, 7) is 0.416. The number of methoxy groups -OCH3 is 1. The first-order valence-electron chi connectivity index (χ1n) is 5.39. The summed E-state index contributed by atoms with van der Waals surface area (Å²) in [5, 5.41) is 3.60. The molecule has 0 saturated heterocycles. The molecule has 0 radical (unpaired) electrons. The van der Waals surface area contributed by atoms with Gasteiger partial charge in [-0.15, -0.1) is 11.6 Å². The van der Waals surface area contributed by atoms with Crippen molar-refractivity contribution in [1.29, 1.82) is 0 Å². The van der Waals surface area contributed by atoms with Crippen molar-refractivity contribution in [2.75, 3.05) is 19.6 Å². The minimum absolute atomic E-state index is 0.116. The van der Waals surface area contributed by atoms with Crippen LogP contribution in [0, 0.1) is 0 Å². The van der Waals surface area contributed by atoms with Crippen molar-refractivity contribution < 1.29 is 9.53 Å². The van der Waals surface area contributed by atoms with Crippen LogP contribution < -0.4 is 5.32 Å². The molecule has 0 spiro atoms. The predicted octanol–water partition coefficient (Wildman–Crippen LogP) is 3.37. The zero-order valence-electron chi connectivity index (χ0n) is 9.88. The standard InChI is InChI=1S/C12H14Cl3NO2/c1-18-7-9(4-5-13)16-12(17)8-2-3-10(14)11(15)6-8/h2-3,6,9H,4-5,7H2,1H3,(H,16,17). The molecule has 0 aliphatic rings. The summed E-state index contributed by atoms with van der Waals surface area (Å²) in [6, 6.07) is 4.62. The van der Waals surface area contributed by atoms with Crippen LogP contribution in [0.15, 0.2) is 18.2 Å². The fourth-order valence-electron chi connectivity index (χ4n) is 1.44. The lowest BCUT2D eigenvalue weighted by Crippen LogP contribution is -2.38. The summed E-state index contributed by atoms with van der Waals surface area (Å²) in [6.07, 6.45) is 0.641. The van der Waals surface area contributed by atoms with Gasteiger partial charge >= 0.3 is 0 Å². The summed E-state index contributed by atoms with van der Waals surface area (Å²) in [4.78, 5) is 12.0. The Bertz CT molecular complexity index is 406. The molecule has 1 rings (SSSR count). The van der Waals surface area contributed by atoms with E-state index < -0.39 is 0 Å². The molecule has 3 nitrogen and oxygen atoms in total. The molecule has 0 fully saturated rings. The number of alkyl halides is 1. The molecule has 100 valence electrons. The van der Waals surface area contributed by atoms with Crippen molar-refractivity contribution in [2.45, 2.75) is 12.5 Å². The van der Waals surface area contributed by atoms with Crippen molar-refractivity contribution in [1.82, 2.24) is 5.32 Å². The molecular weight excluding hydrogens is 296 g/mol. The summed E-state index contributed by atoms with van der Waals surface area (Å²) in [5.41, 5.74) is 0.458. The fraction of sp³-hybridized carbons (Fsp3) is 0.417. The highest BCUT2D eigenvalue weighted by Gasteiger charge is 2.14. The molecule has 18 heavy (non-hydrogen) atoms. The van der Waals surface area contributed by atoms with E-state index in [0.29, 0.717) is 34.5 Å². The topological polar surface area (TPSA) is 38.3 Å². The SMILES string of the molecule is COCC(CCCl)NC(=O)c1ccc(Cl)c(Cl)c1. The summed E-state index contributed by atoms with van der Waals surface area (Å²) < 4.78 is 5.02. The van der Waals surface area contributed by atoms with Gasteiger partial charge in [-0.2, -0.15) is 0 Å². The van der Waals surface area contributed by atoms with Crippen molar-refractivity contribution in [3.63, 3.8) is 0 Å². The molecule has 1 atom stereocenters. The van der Waals surface area contributed by atoms with Crippen LogP contribution in [0.2, 0.25) is 10.0 Å². The monoisotopic (exact) mass is 309 g/mol.